The van der Waals surface area contributed by atoms with Crippen molar-refractivity contribution in [2.75, 3.05) is 18.9 Å². The maximum Gasteiger partial charge on any atom is 0.315 e. The number of carbonyl (C=O) groups excluding carboxylic acids is 5. The first-order chi connectivity index (χ1) is 40.1. The quantitative estimate of drug-likeness (QED) is 0.0731. The zero-order chi connectivity index (χ0) is 64.2. The number of carbonyl (C=O) groups is 5. The molecule has 0 amide bonds. The van der Waals surface area contributed by atoms with E-state index in [1.165, 1.54) is 63.5 Å². The highest BCUT2D eigenvalue weighted by Gasteiger charge is 2.75. The Kier molecular flexibility index (Phi) is 21.5. The fourth-order valence-electron chi connectivity index (χ4n) is 24.0. The molecule has 490 valence electrons. The fraction of sp³-hybridized carbons (Fsp3) is 0.877. The van der Waals surface area contributed by atoms with Crippen molar-refractivity contribution in [1.29, 1.82) is 0 Å². The second-order valence-electron chi connectivity index (χ2n) is 32.4. The summed E-state index contributed by atoms with van der Waals surface area (Å²) in [6.07, 6.45) is 22.3. The normalized spacial score (nSPS) is 44.2. The summed E-state index contributed by atoms with van der Waals surface area (Å²) >= 11 is 9.53. The summed E-state index contributed by atoms with van der Waals surface area (Å²) in [5.74, 6) is 2.97. The van der Waals surface area contributed by atoms with E-state index >= 15 is 0 Å². The Bertz CT molecular complexity index is 2510. The van der Waals surface area contributed by atoms with Gasteiger partial charge in [-0.3, -0.25) is 24.0 Å². The van der Waals surface area contributed by atoms with Crippen LogP contribution in [0, 0.1) is 113 Å². The second kappa shape index (κ2) is 26.2. The number of alkyl halides is 2. The molecule has 10 fully saturated rings. The van der Waals surface area contributed by atoms with Crippen molar-refractivity contribution >= 4 is 53.0 Å². The van der Waals surface area contributed by atoms with Crippen LogP contribution in [0.15, 0.2) is 24.3 Å². The van der Waals surface area contributed by atoms with Crippen molar-refractivity contribution in [3.05, 3.63) is 24.3 Å². The maximum atomic E-state index is 13.9. The van der Waals surface area contributed by atoms with Crippen LogP contribution in [0.1, 0.15) is 259 Å². The third-order valence-electron chi connectivity index (χ3n) is 28.3. The highest BCUT2D eigenvalue weighted by atomic mass is 35.5. The van der Waals surface area contributed by atoms with Crippen molar-refractivity contribution < 1.29 is 52.8 Å². The van der Waals surface area contributed by atoms with Gasteiger partial charge in [0, 0.05) is 25.7 Å². The lowest BCUT2D eigenvalue weighted by atomic mass is 9.32. The van der Waals surface area contributed by atoms with Crippen molar-refractivity contribution in [3.63, 3.8) is 0 Å². The van der Waals surface area contributed by atoms with E-state index in [-0.39, 0.29) is 104 Å². The van der Waals surface area contributed by atoms with E-state index in [4.69, 9.17) is 46.9 Å². The van der Waals surface area contributed by atoms with Crippen LogP contribution in [0.3, 0.4) is 0 Å². The van der Waals surface area contributed by atoms with Gasteiger partial charge in [0.05, 0.1) is 22.3 Å². The summed E-state index contributed by atoms with van der Waals surface area (Å²) in [4.78, 5) is 62.6. The minimum atomic E-state index is -0.526. The van der Waals surface area contributed by atoms with Crippen LogP contribution in [0.4, 0.5) is 0 Å². The van der Waals surface area contributed by atoms with Gasteiger partial charge in [0.15, 0.2) is 0 Å². The summed E-state index contributed by atoms with van der Waals surface area (Å²) in [6, 6.07) is 0. The maximum absolute atomic E-state index is 13.9. The van der Waals surface area contributed by atoms with E-state index in [9.17, 15) is 29.1 Å². The number of halogens is 2. The van der Waals surface area contributed by atoms with E-state index in [1.807, 2.05) is 6.92 Å². The summed E-state index contributed by atoms with van der Waals surface area (Å²) < 4.78 is 27.4. The number of allylic oxidation sites excluding steroid dienone is 2. The number of hydrogen-bond acceptors (Lipinski definition) is 11. The predicted molar refractivity (Wildman–Crippen MR) is 342 cm³/mol. The minimum absolute atomic E-state index is 0.0117. The average molecular weight is 1240 g/mol. The molecule has 0 spiro atoms. The van der Waals surface area contributed by atoms with Gasteiger partial charge >= 0.3 is 29.8 Å². The molecule has 0 bridgehead atoms. The molecular formula is C73H118Cl2O11. The molecule has 0 heterocycles. The molecule has 10 saturated carbocycles. The van der Waals surface area contributed by atoms with E-state index in [1.54, 1.807) is 0 Å². The van der Waals surface area contributed by atoms with Gasteiger partial charge in [-0.05, 0) is 239 Å². The topological polar surface area (TPSA) is 152 Å². The number of hydrogen-bond donors (Lipinski definition) is 1. The van der Waals surface area contributed by atoms with Gasteiger partial charge in [-0.25, -0.2) is 0 Å². The third kappa shape index (κ3) is 11.5. The molecule has 0 aromatic heterocycles. The Balaban J connectivity index is 0.000000226. The highest BCUT2D eigenvalue weighted by molar-refractivity contribution is 6.40. The van der Waals surface area contributed by atoms with Gasteiger partial charge in [-0.2, -0.15) is 0 Å². The van der Waals surface area contributed by atoms with Gasteiger partial charge in [0.1, 0.15) is 6.10 Å². The van der Waals surface area contributed by atoms with Gasteiger partial charge in [-0.1, -0.05) is 121 Å². The first-order valence-corrected chi connectivity index (χ1v) is 35.0. The van der Waals surface area contributed by atoms with E-state index in [0.29, 0.717) is 53.8 Å². The van der Waals surface area contributed by atoms with Crippen LogP contribution >= 0.6 is 23.2 Å². The van der Waals surface area contributed by atoms with E-state index in [0.717, 1.165) is 96.3 Å². The summed E-state index contributed by atoms with van der Waals surface area (Å²) in [5.41, 5.74) is 2.31. The fourth-order valence-corrected chi connectivity index (χ4v) is 24.0. The lowest BCUT2D eigenvalue weighted by molar-refractivity contribution is -0.251. The summed E-state index contributed by atoms with van der Waals surface area (Å²) in [7, 11) is 0. The molecular weight excluding hydrogens is 1120 g/mol. The molecule has 0 radical (unpaired) electrons. The number of rotatable bonds is 10. The Morgan fingerprint density at radius 1 is 0.465 bits per heavy atom. The minimum Gasteiger partial charge on any atom is -0.462 e. The molecule has 11 nitrogen and oxygen atoms in total. The first kappa shape index (κ1) is 70.8. The standard InChI is InChI=1S/C36H56O6.C33H52O5.C3H8.CH2Cl2/c1-10-29(38)42-28-15-16-33(7)26(32(28,5)6)14-17-35(9)27(33)12-11-25-30-24(22(2)3)13-18-36(30,20-19-34(25,35)8)31(39)41-21-40-23(4)37;1-20(2)22-11-16-33(28(36)38-19-37-21(3)34)18-17-31(7)23(27(22)33)9-10-25-30(6)14-13-26(35)29(4,5)24(30)12-15-32(25,31)8;1-3-2;2-1-3/h24-28,30H,2,10-21H2,1,3-9H3;22-27,35H,1,9-19H2,2-8H3;3H2,1-2H3;1H2/t24?,25-,26?,27-,28+,30?,33+,34-,35-,36+;22?,23-,24?,25-,26+,27?,30+,31-,32-,33+;;/m11../s1. The molecule has 20 atom stereocenters. The van der Waals surface area contributed by atoms with Crippen molar-refractivity contribution in [3.8, 4) is 0 Å². The van der Waals surface area contributed by atoms with Crippen LogP contribution in [0.2, 0.25) is 0 Å². The summed E-state index contributed by atoms with van der Waals surface area (Å²) in [5, 5.41) is 11.2. The highest BCUT2D eigenvalue weighted by Crippen LogP contribution is 2.80. The molecule has 13 heteroatoms. The Morgan fingerprint density at radius 2 is 0.849 bits per heavy atom. The largest absolute Gasteiger partial charge is 0.462 e. The lowest BCUT2D eigenvalue weighted by Gasteiger charge is -2.72. The Labute approximate surface area is 530 Å². The number of ether oxygens (including phenoxy) is 5. The molecule has 0 aliphatic heterocycles. The van der Waals surface area contributed by atoms with Crippen LogP contribution in [-0.2, 0) is 47.7 Å². The summed E-state index contributed by atoms with van der Waals surface area (Å²) in [6.45, 7) is 46.1. The number of esters is 5. The lowest BCUT2D eigenvalue weighted by Crippen LogP contribution is -2.67. The van der Waals surface area contributed by atoms with Crippen LogP contribution < -0.4 is 0 Å². The zero-order valence-corrected chi connectivity index (χ0v) is 58.3. The van der Waals surface area contributed by atoms with Gasteiger partial charge in [0.25, 0.3) is 0 Å². The molecule has 6 unspecified atom stereocenters. The third-order valence-corrected chi connectivity index (χ3v) is 28.3. The number of aliphatic hydroxyl groups is 1. The van der Waals surface area contributed by atoms with Gasteiger partial charge < -0.3 is 28.8 Å². The van der Waals surface area contributed by atoms with Crippen LogP contribution in [0.5, 0.6) is 0 Å². The molecule has 10 rings (SSSR count). The molecule has 1 N–H and O–H groups in total. The molecule has 0 saturated heterocycles. The molecule has 86 heavy (non-hydrogen) atoms. The molecule has 10 aliphatic carbocycles. The first-order valence-electron chi connectivity index (χ1n) is 34.0. The van der Waals surface area contributed by atoms with Crippen LogP contribution in [0.25, 0.3) is 0 Å². The smallest absolute Gasteiger partial charge is 0.315 e. The average Bonchev–Trinajstić information content (AvgIpc) is 0.985. The van der Waals surface area contributed by atoms with E-state index < -0.39 is 22.8 Å². The van der Waals surface area contributed by atoms with Crippen LogP contribution in [-0.4, -0.2) is 66.1 Å². The SMILES string of the molecule is C=C(C)C1CC[C@]2(C(=O)OCOC(C)=O)CC[C@]3(C)[C@H](CC[C@@H]4[C@@]5(C)CC[C@H](O)C(C)(C)C5CC[C@]43C)C12.C=C(C)C1CC[C@]2(C(=O)OCOC(C)=O)CC[C@]3(C)[C@H](CC[C@@H]4[C@@]5(C)CC[C@H](OC(=O)CC)C(C)(C)C5CC[C@]43C)C12.CCC.ClCCl. The van der Waals surface area contributed by atoms with Crippen molar-refractivity contribution in [2.45, 2.75) is 271 Å². The van der Waals surface area contributed by atoms with Gasteiger partial charge in [-0.15, -0.1) is 23.2 Å². The van der Waals surface area contributed by atoms with Crippen molar-refractivity contribution in [2.24, 2.45) is 113 Å². The Hall–Kier alpha value is -2.63. The van der Waals surface area contributed by atoms with Crippen molar-refractivity contribution in [1.82, 2.24) is 0 Å². The number of fused-ring (bicyclic) bond motifs is 14. The number of aliphatic hydroxyl groups excluding tert-OH is 1. The Morgan fingerprint density at radius 3 is 1.22 bits per heavy atom. The molecule has 0 aromatic carbocycles. The second-order valence-corrected chi connectivity index (χ2v) is 33.2. The van der Waals surface area contributed by atoms with E-state index in [2.05, 4.69) is 110 Å². The molecule has 10 aliphatic rings. The van der Waals surface area contributed by atoms with Gasteiger partial charge in [0.2, 0.25) is 13.6 Å². The monoisotopic (exact) mass is 1240 g/mol. The predicted octanol–water partition coefficient (Wildman–Crippen LogP) is 17.9. The zero-order valence-electron chi connectivity index (χ0n) is 56.8. The molecule has 0 aromatic rings.